The third-order valence-corrected chi connectivity index (χ3v) is 5.98. The predicted octanol–water partition coefficient (Wildman–Crippen LogP) is 4.99. The number of aliphatic hydroxyl groups excluding tert-OH is 1. The molecule has 1 atom stereocenters. The molecule has 0 amide bonds. The van der Waals surface area contributed by atoms with Crippen LogP contribution in [0.2, 0.25) is 0 Å². The Labute approximate surface area is 235 Å². The van der Waals surface area contributed by atoms with Gasteiger partial charge in [-0.05, 0) is 60.5 Å². The van der Waals surface area contributed by atoms with Crippen LogP contribution in [0.1, 0.15) is 78.6 Å². The average Bonchev–Trinajstić information content (AvgIpc) is 3.31. The first-order valence-electron chi connectivity index (χ1n) is 18.8. The molecule has 1 aromatic heterocycles. The molecule has 37 heavy (non-hydrogen) atoms. The quantitative estimate of drug-likeness (QED) is 0.405. The van der Waals surface area contributed by atoms with E-state index in [1.54, 1.807) is 0 Å². The number of nitrogens with zero attached hydrogens (tertiary/aromatic N) is 1. The van der Waals surface area contributed by atoms with E-state index in [4.69, 9.17) is 21.9 Å². The monoisotopic (exact) mass is 533 g/mol. The number of aliphatic hydroxyl groups is 2. The molecule has 5 rings (SSSR count). The van der Waals surface area contributed by atoms with Crippen LogP contribution in [0.4, 0.5) is 13.2 Å². The molecule has 1 aliphatic carbocycles. The molecule has 2 aliphatic rings. The Bertz CT molecular complexity index is 2090. The van der Waals surface area contributed by atoms with E-state index in [1.807, 2.05) is 0 Å². The number of hydrogen-bond acceptors (Lipinski definition) is 5. The molecule has 198 valence electrons. The van der Waals surface area contributed by atoms with Crippen molar-refractivity contribution in [1.29, 1.82) is 0 Å². The molecule has 2 N–H and O–H groups in total. The molecule has 3 aromatic rings. The summed E-state index contributed by atoms with van der Waals surface area (Å²) in [6.45, 7) is -4.06. The van der Waals surface area contributed by atoms with Crippen LogP contribution >= 0.6 is 0 Å². The SMILES string of the molecule is [2H]c1c([2H])c(C2(C(=O)Cc3c(F)c([2H])c4c(c3[2H])c([2H])c(C(C)(C)C([2H])([2H])C)n4C([2H])([2H])[C@@H](O)C([2H])([2H])O)C([2H])([2H])C2([2H])[2H])c([2H])c2c1OC(F)(F)O2. The highest BCUT2D eigenvalue weighted by Gasteiger charge is 2.52. The topological polar surface area (TPSA) is 80.9 Å². The first kappa shape index (κ1) is 12.7. The maximum Gasteiger partial charge on any atom is 0.586 e. The standard InChI is InChI=1S/C28H30F3NO5/c1-4-26(2,3)24-10-17-9-16(20(29)13-21(17)32(24)14-19(34)15-33)11-25(35)27(7-8-27)18-5-6-22-23(12-18)37-28(30,31)36-22/h5-6,9-10,12-13,19,33-34H,4,7-8,11,14-15H2,1-3H3/t19-/m1/s1/i4D2,5D,6D,7D2,8D2,9D,10D,12D,13D,14D2,15D2. The van der Waals surface area contributed by atoms with E-state index in [1.165, 1.54) is 0 Å². The Kier molecular flexibility index (Phi) is 3.00. The third-order valence-electron chi connectivity index (χ3n) is 5.98. The van der Waals surface area contributed by atoms with E-state index < -0.39 is 149 Å². The van der Waals surface area contributed by atoms with Crippen molar-refractivity contribution in [3.8, 4) is 11.5 Å². The van der Waals surface area contributed by atoms with Crippen molar-refractivity contribution in [3.05, 3.63) is 58.9 Å². The lowest BCUT2D eigenvalue weighted by Crippen LogP contribution is -2.26. The number of carbonyl (C=O) groups is 1. The molecule has 1 fully saturated rings. The molecular weight excluding hydrogens is 487 g/mol. The average molecular weight is 534 g/mol. The maximum absolute atomic E-state index is 16.4. The largest absolute Gasteiger partial charge is 0.586 e. The Morgan fingerprint density at radius 2 is 1.95 bits per heavy atom. The Hall–Kier alpha value is -3.04. The van der Waals surface area contributed by atoms with Crippen molar-refractivity contribution in [2.75, 3.05) is 6.56 Å². The summed E-state index contributed by atoms with van der Waals surface area (Å²) in [6, 6.07) is -7.45. The highest BCUT2D eigenvalue weighted by molar-refractivity contribution is 5.95. The van der Waals surface area contributed by atoms with Crippen molar-refractivity contribution < 1.29 is 59.6 Å². The number of hydrogen-bond donors (Lipinski definition) is 2. The van der Waals surface area contributed by atoms with E-state index in [0.717, 1.165) is 20.8 Å². The number of benzene rings is 2. The van der Waals surface area contributed by atoms with Gasteiger partial charge < -0.3 is 24.3 Å². The zero-order valence-corrected chi connectivity index (χ0v) is 19.5. The number of ether oxygens (including phenoxy) is 2. The molecule has 1 saturated carbocycles. The van der Waals surface area contributed by atoms with Crippen LogP contribution in [-0.2, 0) is 28.5 Å². The highest BCUT2D eigenvalue weighted by atomic mass is 19.3. The van der Waals surface area contributed by atoms with Crippen LogP contribution in [0.3, 0.4) is 0 Å². The van der Waals surface area contributed by atoms with E-state index >= 15 is 4.39 Å². The molecule has 0 radical (unpaired) electrons. The molecular formula is C28H30F3NO5. The fourth-order valence-corrected chi connectivity index (χ4v) is 3.73. The zero-order valence-electron chi connectivity index (χ0n) is 35.5. The van der Waals surface area contributed by atoms with Gasteiger partial charge in [0.25, 0.3) is 0 Å². The molecule has 6 nitrogen and oxygen atoms in total. The zero-order chi connectivity index (χ0) is 40.9. The van der Waals surface area contributed by atoms with Gasteiger partial charge in [0, 0.05) is 31.1 Å². The Balaban J connectivity index is 1.82. The fourth-order valence-electron chi connectivity index (χ4n) is 3.73. The lowest BCUT2D eigenvalue weighted by Gasteiger charge is -2.26. The van der Waals surface area contributed by atoms with E-state index in [2.05, 4.69) is 9.47 Å². The number of ketones is 1. The molecule has 1 aliphatic heterocycles. The fraction of sp³-hybridized carbons (Fsp3) is 0.464. The van der Waals surface area contributed by atoms with Crippen LogP contribution in [0.25, 0.3) is 10.9 Å². The van der Waals surface area contributed by atoms with Gasteiger partial charge in [-0.25, -0.2) is 4.39 Å². The van der Waals surface area contributed by atoms with Gasteiger partial charge in [-0.3, -0.25) is 4.79 Å². The highest BCUT2D eigenvalue weighted by Crippen LogP contribution is 2.52. The van der Waals surface area contributed by atoms with Crippen molar-refractivity contribution in [1.82, 2.24) is 4.57 Å². The number of fused-ring (bicyclic) bond motifs is 2. The van der Waals surface area contributed by atoms with Crippen molar-refractivity contribution in [2.24, 2.45) is 0 Å². The minimum atomic E-state index is -4.47. The van der Waals surface area contributed by atoms with Crippen LogP contribution in [0.5, 0.6) is 11.5 Å². The number of Topliss-reactive ketones (excluding diaryl/α,β-unsaturated/α-hetero) is 1. The molecule has 2 heterocycles. The Morgan fingerprint density at radius 1 is 1.24 bits per heavy atom. The minimum Gasteiger partial charge on any atom is -0.395 e. The first-order chi connectivity index (χ1) is 23.6. The van der Waals surface area contributed by atoms with E-state index in [0.29, 0.717) is 0 Å². The van der Waals surface area contributed by atoms with Gasteiger partial charge in [0.15, 0.2) is 11.5 Å². The molecule has 0 unspecified atom stereocenters. The van der Waals surface area contributed by atoms with E-state index in [9.17, 15) is 23.8 Å². The normalized spacial score (nSPS) is 28.4. The predicted molar refractivity (Wildman–Crippen MR) is 131 cm³/mol. The van der Waals surface area contributed by atoms with Gasteiger partial charge in [-0.15, -0.1) is 8.78 Å². The molecule has 2 aromatic carbocycles. The second-order valence-electron chi connectivity index (χ2n) is 8.79. The van der Waals surface area contributed by atoms with E-state index in [-0.39, 0.29) is 4.57 Å². The molecule has 0 bridgehead atoms. The summed E-state index contributed by atoms with van der Waals surface area (Å²) < 4.78 is 187. The van der Waals surface area contributed by atoms with Crippen LogP contribution < -0.4 is 9.47 Å². The van der Waals surface area contributed by atoms with Gasteiger partial charge in [0.2, 0.25) is 0 Å². The smallest absolute Gasteiger partial charge is 0.395 e. The summed E-state index contributed by atoms with van der Waals surface area (Å²) in [6.07, 6.45) is -18.2. The first-order valence-corrected chi connectivity index (χ1v) is 10.8. The second-order valence-corrected chi connectivity index (χ2v) is 8.79. The molecule has 0 saturated heterocycles. The van der Waals surface area contributed by atoms with Gasteiger partial charge in [-0.2, -0.15) is 0 Å². The summed E-state index contributed by atoms with van der Waals surface area (Å²) in [5, 5.41) is 19.6. The van der Waals surface area contributed by atoms with Gasteiger partial charge in [0.1, 0.15) is 11.6 Å². The summed E-state index contributed by atoms with van der Waals surface area (Å²) in [5.74, 6) is -5.92. The van der Waals surface area contributed by atoms with Gasteiger partial charge >= 0.3 is 6.29 Å². The lowest BCUT2D eigenvalue weighted by atomic mass is 9.86. The van der Waals surface area contributed by atoms with Gasteiger partial charge in [0.05, 0.1) is 43.8 Å². The summed E-state index contributed by atoms with van der Waals surface area (Å²) >= 11 is 0. The van der Waals surface area contributed by atoms with Crippen molar-refractivity contribution in [3.63, 3.8) is 0 Å². The summed E-state index contributed by atoms with van der Waals surface area (Å²) in [4.78, 5) is 14.2. The molecule has 9 heteroatoms. The number of halogens is 3. The number of alkyl halides is 2. The Morgan fingerprint density at radius 3 is 2.59 bits per heavy atom. The lowest BCUT2D eigenvalue weighted by molar-refractivity contribution is -0.286. The summed E-state index contributed by atoms with van der Waals surface area (Å²) in [7, 11) is 0. The number of aromatic nitrogens is 1. The van der Waals surface area contributed by atoms with Crippen LogP contribution in [0, 0.1) is 5.82 Å². The molecule has 0 spiro atoms. The number of carbonyl (C=O) groups excluding carboxylic acids is 1. The second kappa shape index (κ2) is 8.77. The van der Waals surface area contributed by atoms with Crippen molar-refractivity contribution in [2.45, 2.75) is 76.0 Å². The van der Waals surface area contributed by atoms with Crippen molar-refractivity contribution >= 4 is 16.7 Å². The van der Waals surface area contributed by atoms with Crippen LogP contribution in [-0.4, -0.2) is 39.5 Å². The minimum absolute atomic E-state index is 0.205. The summed E-state index contributed by atoms with van der Waals surface area (Å²) in [5.41, 5.74) is -9.54. The van der Waals surface area contributed by atoms with Crippen LogP contribution in [0.15, 0.2) is 36.3 Å². The third kappa shape index (κ3) is 4.48. The number of rotatable bonds is 9. The van der Waals surface area contributed by atoms with Gasteiger partial charge in [-0.1, -0.05) is 26.8 Å². The maximum atomic E-state index is 16.4.